The second-order valence-corrected chi connectivity index (χ2v) is 8.10. The number of para-hydroxylation sites is 1. The number of quaternary nitrogens is 1. The Balaban J connectivity index is 2.00. The average Bonchev–Trinajstić information content (AvgIpc) is 3.07. The molecule has 1 amide bonds. The number of hydrogen-bond acceptors (Lipinski definition) is 5. The van der Waals surface area contributed by atoms with Crippen LogP contribution in [0.1, 0.15) is 16.8 Å². The number of rotatable bonds is 7. The summed E-state index contributed by atoms with van der Waals surface area (Å²) in [6.45, 7) is 1.28. The molecule has 0 saturated carbocycles. The number of anilines is 1. The highest BCUT2D eigenvalue weighted by molar-refractivity contribution is 7.22. The van der Waals surface area contributed by atoms with Gasteiger partial charge in [0.15, 0.2) is 5.13 Å². The molecule has 3 rings (SSSR count). The first-order valence-corrected chi connectivity index (χ1v) is 9.96. The number of hydrogen-bond donors (Lipinski definition) is 1. The van der Waals surface area contributed by atoms with E-state index in [1.165, 1.54) is 33.3 Å². The molecule has 1 N–H and O–H groups in total. The average molecular weight is 420 g/mol. The third-order valence-corrected chi connectivity index (χ3v) is 5.48. The predicted octanol–water partition coefficient (Wildman–Crippen LogP) is 3.04. The van der Waals surface area contributed by atoms with Gasteiger partial charge in [0.05, 0.1) is 35.8 Å². The minimum Gasteiger partial charge on any atom is -0.340 e. The van der Waals surface area contributed by atoms with Crippen molar-refractivity contribution < 1.29 is 14.6 Å². The van der Waals surface area contributed by atoms with Crippen LogP contribution in [0.4, 0.5) is 10.8 Å². The maximum Gasteiger partial charge on any atom is 0.282 e. The number of thiazole rings is 1. The lowest BCUT2D eigenvalue weighted by atomic mass is 10.1. The van der Waals surface area contributed by atoms with Crippen LogP contribution >= 0.6 is 22.9 Å². The van der Waals surface area contributed by atoms with Gasteiger partial charge in [-0.3, -0.25) is 19.8 Å². The number of carbonyl (C=O) groups is 1. The standard InChI is InChI=1S/C19H19ClN4O3S/c1-22(2)10-5-11-23(18(25)14-6-3-4-7-16(14)24(26)27)19-21-15-9-8-13(20)12-17(15)28-19/h3-4,6-9,12H,5,10-11H2,1-2H3/p+1. The van der Waals surface area contributed by atoms with Crippen molar-refractivity contribution in [1.29, 1.82) is 0 Å². The van der Waals surface area contributed by atoms with Crippen LogP contribution in [-0.4, -0.2) is 43.0 Å². The molecular weight excluding hydrogens is 400 g/mol. The van der Waals surface area contributed by atoms with Crippen LogP contribution in [0.3, 0.4) is 0 Å². The van der Waals surface area contributed by atoms with Gasteiger partial charge in [-0.1, -0.05) is 35.1 Å². The molecule has 0 aliphatic heterocycles. The molecule has 28 heavy (non-hydrogen) atoms. The van der Waals surface area contributed by atoms with Crippen molar-refractivity contribution in [2.24, 2.45) is 0 Å². The van der Waals surface area contributed by atoms with E-state index in [9.17, 15) is 14.9 Å². The first-order valence-electron chi connectivity index (χ1n) is 8.77. The highest BCUT2D eigenvalue weighted by Crippen LogP contribution is 2.32. The van der Waals surface area contributed by atoms with Gasteiger partial charge >= 0.3 is 0 Å². The first-order chi connectivity index (χ1) is 13.4. The number of fused-ring (bicyclic) bond motifs is 1. The van der Waals surface area contributed by atoms with Crippen LogP contribution in [0.2, 0.25) is 5.02 Å². The third-order valence-electron chi connectivity index (χ3n) is 4.20. The molecule has 0 aliphatic carbocycles. The number of carbonyl (C=O) groups excluding carboxylic acids is 1. The molecule has 0 radical (unpaired) electrons. The van der Waals surface area contributed by atoms with Gasteiger partial charge in [-0.25, -0.2) is 4.98 Å². The fraction of sp³-hybridized carbons (Fsp3) is 0.263. The molecule has 2 aromatic carbocycles. The summed E-state index contributed by atoms with van der Waals surface area (Å²) in [5.74, 6) is -0.425. The van der Waals surface area contributed by atoms with E-state index in [2.05, 4.69) is 4.98 Å². The molecule has 0 aliphatic rings. The Morgan fingerprint density at radius 2 is 2.04 bits per heavy atom. The van der Waals surface area contributed by atoms with E-state index >= 15 is 0 Å². The number of nitro benzene ring substituents is 1. The summed E-state index contributed by atoms with van der Waals surface area (Å²) in [5.41, 5.74) is 0.588. The molecular formula is C19H20ClN4O3S+. The molecule has 7 nitrogen and oxygen atoms in total. The fourth-order valence-corrected chi connectivity index (χ4v) is 4.10. The SMILES string of the molecule is C[NH+](C)CCCN(C(=O)c1ccccc1[N+](=O)[O-])c1nc2ccc(Cl)cc2s1. The summed E-state index contributed by atoms with van der Waals surface area (Å²) in [6.07, 6.45) is 0.741. The monoisotopic (exact) mass is 419 g/mol. The molecule has 146 valence electrons. The van der Waals surface area contributed by atoms with Crippen molar-refractivity contribution in [3.05, 3.63) is 63.2 Å². The summed E-state index contributed by atoms with van der Waals surface area (Å²) >= 11 is 7.41. The Bertz CT molecular complexity index is 1020. The highest BCUT2D eigenvalue weighted by Gasteiger charge is 2.27. The zero-order chi connectivity index (χ0) is 20.3. The number of benzene rings is 2. The zero-order valence-electron chi connectivity index (χ0n) is 15.5. The minimum atomic E-state index is -0.534. The normalized spacial score (nSPS) is 11.1. The first kappa shape index (κ1) is 20.2. The second-order valence-electron chi connectivity index (χ2n) is 6.65. The van der Waals surface area contributed by atoms with E-state index in [0.29, 0.717) is 16.7 Å². The maximum atomic E-state index is 13.2. The molecule has 0 bridgehead atoms. The molecule has 0 spiro atoms. The maximum absolute atomic E-state index is 13.2. The van der Waals surface area contributed by atoms with Crippen LogP contribution in [0.25, 0.3) is 10.2 Å². The molecule has 0 saturated heterocycles. The number of aromatic nitrogens is 1. The van der Waals surface area contributed by atoms with Crippen molar-refractivity contribution in [1.82, 2.24) is 4.98 Å². The van der Waals surface area contributed by atoms with Crippen LogP contribution in [0.5, 0.6) is 0 Å². The van der Waals surface area contributed by atoms with E-state index in [-0.39, 0.29) is 11.3 Å². The zero-order valence-corrected chi connectivity index (χ0v) is 17.1. The highest BCUT2D eigenvalue weighted by atomic mass is 35.5. The van der Waals surface area contributed by atoms with E-state index in [1.54, 1.807) is 30.3 Å². The molecule has 3 aromatic rings. The van der Waals surface area contributed by atoms with E-state index in [0.717, 1.165) is 23.2 Å². The van der Waals surface area contributed by atoms with Gasteiger partial charge in [0.25, 0.3) is 11.6 Å². The smallest absolute Gasteiger partial charge is 0.282 e. The van der Waals surface area contributed by atoms with Gasteiger partial charge in [-0.15, -0.1) is 0 Å². The van der Waals surface area contributed by atoms with Crippen molar-refractivity contribution in [3.63, 3.8) is 0 Å². The van der Waals surface area contributed by atoms with Gasteiger partial charge < -0.3 is 4.90 Å². The van der Waals surface area contributed by atoms with E-state index < -0.39 is 10.8 Å². The number of nitro groups is 1. The van der Waals surface area contributed by atoms with Crippen molar-refractivity contribution in [3.8, 4) is 0 Å². The van der Waals surface area contributed by atoms with Crippen LogP contribution < -0.4 is 9.80 Å². The Morgan fingerprint density at radius 3 is 2.75 bits per heavy atom. The lowest BCUT2D eigenvalue weighted by Crippen LogP contribution is -3.05. The Morgan fingerprint density at radius 1 is 1.29 bits per heavy atom. The lowest BCUT2D eigenvalue weighted by Gasteiger charge is -2.20. The largest absolute Gasteiger partial charge is 0.340 e. The summed E-state index contributed by atoms with van der Waals surface area (Å²) in [6, 6.07) is 11.3. The lowest BCUT2D eigenvalue weighted by molar-refractivity contribution is -0.858. The Kier molecular flexibility index (Phi) is 6.23. The molecule has 9 heteroatoms. The summed E-state index contributed by atoms with van der Waals surface area (Å²) in [5, 5.41) is 12.5. The topological polar surface area (TPSA) is 80.8 Å². The van der Waals surface area contributed by atoms with Gasteiger partial charge in [0.2, 0.25) is 0 Å². The molecule has 0 unspecified atom stereocenters. The van der Waals surface area contributed by atoms with E-state index in [4.69, 9.17) is 11.6 Å². The molecule has 0 atom stereocenters. The summed E-state index contributed by atoms with van der Waals surface area (Å²) in [7, 11) is 4.07. The Labute approximate surface area is 171 Å². The quantitative estimate of drug-likeness (QED) is 0.471. The van der Waals surface area contributed by atoms with Crippen LogP contribution in [-0.2, 0) is 0 Å². The van der Waals surface area contributed by atoms with E-state index in [1.807, 2.05) is 14.1 Å². The number of nitrogens with one attached hydrogen (secondary N) is 1. The van der Waals surface area contributed by atoms with Crippen molar-refractivity contribution >= 4 is 49.9 Å². The molecule has 1 aromatic heterocycles. The summed E-state index contributed by atoms with van der Waals surface area (Å²) in [4.78, 5) is 31.4. The number of amides is 1. The van der Waals surface area contributed by atoms with Gasteiger partial charge in [-0.05, 0) is 24.3 Å². The fourth-order valence-electron chi connectivity index (χ4n) is 2.84. The van der Waals surface area contributed by atoms with Crippen molar-refractivity contribution in [2.45, 2.75) is 6.42 Å². The predicted molar refractivity (Wildman–Crippen MR) is 112 cm³/mol. The number of halogens is 1. The van der Waals surface area contributed by atoms with Crippen molar-refractivity contribution in [2.75, 3.05) is 32.1 Å². The Hall–Kier alpha value is -2.55. The van der Waals surface area contributed by atoms with Crippen LogP contribution in [0.15, 0.2) is 42.5 Å². The molecule has 0 fully saturated rings. The molecule has 1 heterocycles. The van der Waals surface area contributed by atoms with Gasteiger partial charge in [0, 0.05) is 24.1 Å². The number of nitrogens with zero attached hydrogens (tertiary/aromatic N) is 3. The minimum absolute atomic E-state index is 0.0574. The third kappa shape index (κ3) is 4.46. The van der Waals surface area contributed by atoms with Gasteiger partial charge in [0.1, 0.15) is 5.56 Å². The van der Waals surface area contributed by atoms with Gasteiger partial charge in [-0.2, -0.15) is 0 Å². The van der Waals surface area contributed by atoms with Crippen LogP contribution in [0, 0.1) is 10.1 Å². The summed E-state index contributed by atoms with van der Waals surface area (Å²) < 4.78 is 0.862. The second kappa shape index (κ2) is 8.64.